The van der Waals surface area contributed by atoms with Crippen LogP contribution in [0.4, 0.5) is 0 Å². The molecule has 2 aromatic heterocycles. The molecule has 3 aromatic carbocycles. The summed E-state index contributed by atoms with van der Waals surface area (Å²) in [6.07, 6.45) is 1.56. The molecule has 0 unspecified atom stereocenters. The third-order valence-corrected chi connectivity index (χ3v) is 6.74. The van der Waals surface area contributed by atoms with Gasteiger partial charge in [0.05, 0.1) is 49.2 Å². The standard InChI is InChI=1S/C29H22N2O6/c1-35-19-10-11-23-21(14-19)25-24-18(15-30(28(24)33)16-20-9-6-12-37-20)13-22(29(34)36-2)26(25)31(23)27(32)17-7-4-3-5-8-17/h3-14H,15-16H2,1-2H3. The Morgan fingerprint density at radius 2 is 1.81 bits per heavy atom. The first kappa shape index (κ1) is 22.6. The quantitative estimate of drug-likeness (QED) is 0.319. The summed E-state index contributed by atoms with van der Waals surface area (Å²) in [6, 6.07) is 19.3. The Morgan fingerprint density at radius 1 is 1.00 bits per heavy atom. The average molecular weight is 495 g/mol. The van der Waals surface area contributed by atoms with Crippen LogP contribution in [0.25, 0.3) is 21.8 Å². The first-order valence-corrected chi connectivity index (χ1v) is 11.7. The normalized spacial score (nSPS) is 12.8. The molecular weight excluding hydrogens is 472 g/mol. The molecule has 0 N–H and O–H groups in total. The Morgan fingerprint density at radius 3 is 2.51 bits per heavy atom. The predicted octanol–water partition coefficient (Wildman–Crippen LogP) is 5.03. The van der Waals surface area contributed by atoms with E-state index in [2.05, 4.69) is 0 Å². The molecule has 6 rings (SSSR count). The SMILES string of the molecule is COC(=O)c1cc2c(c3c4cc(OC)ccc4n(C(=O)c4ccccc4)c13)C(=O)N(Cc1ccco1)C2. The number of fused-ring (bicyclic) bond motifs is 5. The first-order chi connectivity index (χ1) is 18.0. The van der Waals surface area contributed by atoms with Crippen LogP contribution in [0.15, 0.2) is 77.4 Å². The van der Waals surface area contributed by atoms with Crippen molar-refractivity contribution in [1.29, 1.82) is 0 Å². The molecule has 184 valence electrons. The van der Waals surface area contributed by atoms with E-state index in [4.69, 9.17) is 13.9 Å². The van der Waals surface area contributed by atoms with Crippen molar-refractivity contribution in [3.05, 3.63) is 101 Å². The summed E-state index contributed by atoms with van der Waals surface area (Å²) < 4.78 is 17.5. The summed E-state index contributed by atoms with van der Waals surface area (Å²) in [5.41, 5.74) is 2.67. The van der Waals surface area contributed by atoms with E-state index in [1.807, 2.05) is 6.07 Å². The van der Waals surface area contributed by atoms with Crippen LogP contribution in [0.5, 0.6) is 5.75 Å². The van der Waals surface area contributed by atoms with Gasteiger partial charge in [-0.05, 0) is 54.1 Å². The highest BCUT2D eigenvalue weighted by Gasteiger charge is 2.35. The Bertz CT molecular complexity index is 1700. The lowest BCUT2D eigenvalue weighted by Crippen LogP contribution is -2.23. The molecular formula is C29H22N2O6. The van der Waals surface area contributed by atoms with Crippen molar-refractivity contribution in [3.8, 4) is 5.75 Å². The van der Waals surface area contributed by atoms with Gasteiger partial charge in [0.25, 0.3) is 11.8 Å². The summed E-state index contributed by atoms with van der Waals surface area (Å²) in [7, 11) is 2.85. The number of carbonyl (C=O) groups excluding carboxylic acids is 3. The largest absolute Gasteiger partial charge is 0.497 e. The zero-order chi connectivity index (χ0) is 25.7. The van der Waals surface area contributed by atoms with Crippen molar-refractivity contribution in [3.63, 3.8) is 0 Å². The van der Waals surface area contributed by atoms with Gasteiger partial charge < -0.3 is 18.8 Å². The number of rotatable bonds is 5. The van der Waals surface area contributed by atoms with Crippen LogP contribution in [0.2, 0.25) is 0 Å². The highest BCUT2D eigenvalue weighted by molar-refractivity contribution is 6.27. The van der Waals surface area contributed by atoms with Crippen molar-refractivity contribution in [2.75, 3.05) is 14.2 Å². The molecule has 0 aliphatic carbocycles. The van der Waals surface area contributed by atoms with E-state index >= 15 is 0 Å². The second kappa shape index (κ2) is 8.67. The van der Waals surface area contributed by atoms with E-state index in [9.17, 15) is 14.4 Å². The lowest BCUT2D eigenvalue weighted by atomic mass is 9.98. The van der Waals surface area contributed by atoms with Gasteiger partial charge in [-0.25, -0.2) is 4.79 Å². The number of benzene rings is 3. The Kier molecular flexibility index (Phi) is 5.30. The minimum Gasteiger partial charge on any atom is -0.497 e. The average Bonchev–Trinajstić information content (AvgIpc) is 3.64. The van der Waals surface area contributed by atoms with Crippen molar-refractivity contribution >= 4 is 39.6 Å². The van der Waals surface area contributed by atoms with Crippen molar-refractivity contribution < 1.29 is 28.3 Å². The summed E-state index contributed by atoms with van der Waals surface area (Å²) in [5.74, 6) is 0.0833. The Balaban J connectivity index is 1.69. The molecule has 1 aliphatic rings. The fraction of sp³-hybridized carbons (Fsp3) is 0.138. The number of hydrogen-bond acceptors (Lipinski definition) is 6. The molecule has 8 nitrogen and oxygen atoms in total. The number of hydrogen-bond donors (Lipinski definition) is 0. The summed E-state index contributed by atoms with van der Waals surface area (Å²) >= 11 is 0. The third kappa shape index (κ3) is 3.48. The number of methoxy groups -OCH3 is 2. The molecule has 5 aromatic rings. The maximum atomic E-state index is 13.9. The van der Waals surface area contributed by atoms with E-state index in [1.165, 1.54) is 11.7 Å². The lowest BCUT2D eigenvalue weighted by Gasteiger charge is -2.13. The number of ether oxygens (including phenoxy) is 2. The molecule has 0 bridgehead atoms. The van der Waals surface area contributed by atoms with E-state index in [-0.39, 0.29) is 30.5 Å². The monoisotopic (exact) mass is 494 g/mol. The predicted molar refractivity (Wildman–Crippen MR) is 136 cm³/mol. The van der Waals surface area contributed by atoms with Crippen molar-refractivity contribution in [2.24, 2.45) is 0 Å². The van der Waals surface area contributed by atoms with Crippen molar-refractivity contribution in [1.82, 2.24) is 9.47 Å². The van der Waals surface area contributed by atoms with Gasteiger partial charge in [0, 0.05) is 22.9 Å². The van der Waals surface area contributed by atoms with E-state index in [0.717, 1.165) is 0 Å². The lowest BCUT2D eigenvalue weighted by molar-refractivity contribution is 0.0602. The number of amides is 1. The highest BCUT2D eigenvalue weighted by atomic mass is 16.5. The van der Waals surface area contributed by atoms with Crippen LogP contribution in [-0.2, 0) is 17.8 Å². The smallest absolute Gasteiger partial charge is 0.340 e. The van der Waals surface area contributed by atoms with Gasteiger partial charge in [-0.2, -0.15) is 0 Å². The van der Waals surface area contributed by atoms with E-state index in [1.54, 1.807) is 78.9 Å². The number of carbonyl (C=O) groups is 3. The van der Waals surface area contributed by atoms with Crippen LogP contribution in [0.3, 0.4) is 0 Å². The van der Waals surface area contributed by atoms with Gasteiger partial charge in [-0.3, -0.25) is 14.2 Å². The van der Waals surface area contributed by atoms with E-state index in [0.29, 0.717) is 50.0 Å². The molecule has 1 aliphatic heterocycles. The third-order valence-electron chi connectivity index (χ3n) is 6.74. The molecule has 0 spiro atoms. The molecule has 0 saturated carbocycles. The molecule has 8 heteroatoms. The van der Waals surface area contributed by atoms with Crippen LogP contribution in [0, 0.1) is 0 Å². The molecule has 0 saturated heterocycles. The maximum Gasteiger partial charge on any atom is 0.340 e. The second-order valence-electron chi connectivity index (χ2n) is 8.80. The number of aromatic nitrogens is 1. The number of furan rings is 1. The minimum absolute atomic E-state index is 0.207. The zero-order valence-electron chi connectivity index (χ0n) is 20.2. The number of nitrogens with zero attached hydrogens (tertiary/aromatic N) is 2. The van der Waals surface area contributed by atoms with Gasteiger partial charge in [0.2, 0.25) is 0 Å². The summed E-state index contributed by atoms with van der Waals surface area (Å²) in [6.45, 7) is 0.568. The van der Waals surface area contributed by atoms with Crippen molar-refractivity contribution in [2.45, 2.75) is 13.1 Å². The van der Waals surface area contributed by atoms with Gasteiger partial charge in [-0.15, -0.1) is 0 Å². The van der Waals surface area contributed by atoms with Crippen LogP contribution in [0.1, 0.15) is 42.4 Å². The van der Waals surface area contributed by atoms with E-state index < -0.39 is 5.97 Å². The number of esters is 1. The van der Waals surface area contributed by atoms with Crippen LogP contribution in [-0.4, -0.2) is 41.5 Å². The highest BCUT2D eigenvalue weighted by Crippen LogP contribution is 2.41. The molecule has 3 heterocycles. The van der Waals surface area contributed by atoms with Crippen LogP contribution < -0.4 is 4.74 Å². The van der Waals surface area contributed by atoms with Gasteiger partial charge in [-0.1, -0.05) is 18.2 Å². The Hall–Kier alpha value is -4.85. The summed E-state index contributed by atoms with van der Waals surface area (Å²) in [5, 5.41) is 1.15. The minimum atomic E-state index is -0.596. The maximum absolute atomic E-state index is 13.9. The fourth-order valence-corrected chi connectivity index (χ4v) is 5.09. The fourth-order valence-electron chi connectivity index (χ4n) is 5.09. The molecule has 0 fully saturated rings. The Labute approximate surface area is 211 Å². The molecule has 37 heavy (non-hydrogen) atoms. The molecule has 0 atom stereocenters. The summed E-state index contributed by atoms with van der Waals surface area (Å²) in [4.78, 5) is 42.4. The van der Waals surface area contributed by atoms with Crippen LogP contribution >= 0.6 is 0 Å². The van der Waals surface area contributed by atoms with Gasteiger partial charge in [0.1, 0.15) is 11.5 Å². The first-order valence-electron chi connectivity index (χ1n) is 11.7. The van der Waals surface area contributed by atoms with Gasteiger partial charge >= 0.3 is 5.97 Å². The molecule has 1 amide bonds. The molecule has 0 radical (unpaired) electrons. The van der Waals surface area contributed by atoms with Gasteiger partial charge in [0.15, 0.2) is 0 Å². The second-order valence-corrected chi connectivity index (χ2v) is 8.80. The zero-order valence-corrected chi connectivity index (χ0v) is 20.2. The topological polar surface area (TPSA) is 91.0 Å².